The van der Waals surface area contributed by atoms with Gasteiger partial charge in [-0.15, -0.1) is 0 Å². The van der Waals surface area contributed by atoms with E-state index in [0.29, 0.717) is 6.54 Å². The monoisotopic (exact) mass is 251 g/mol. The molecular weight excluding hydrogens is 234 g/mol. The summed E-state index contributed by atoms with van der Waals surface area (Å²) in [5.41, 5.74) is 12.5. The molecule has 0 saturated heterocycles. The van der Waals surface area contributed by atoms with Gasteiger partial charge in [0.2, 0.25) is 0 Å². The summed E-state index contributed by atoms with van der Waals surface area (Å²) in [7, 11) is 0. The van der Waals surface area contributed by atoms with E-state index in [2.05, 4.69) is 54.6 Å². The van der Waals surface area contributed by atoms with Crippen molar-refractivity contribution in [2.75, 3.05) is 0 Å². The summed E-state index contributed by atoms with van der Waals surface area (Å²) < 4.78 is 2.07. The topological polar surface area (TPSA) is 43.3 Å². The van der Waals surface area contributed by atoms with Crippen molar-refractivity contribution in [3.05, 3.63) is 59.4 Å². The molecule has 0 radical (unpaired) electrons. The molecule has 0 aliphatic carbocycles. The molecule has 96 valence electrons. The number of pyridine rings is 1. The molecule has 2 heterocycles. The van der Waals surface area contributed by atoms with Gasteiger partial charge >= 0.3 is 0 Å². The fourth-order valence-corrected chi connectivity index (χ4v) is 2.33. The maximum atomic E-state index is 5.91. The van der Waals surface area contributed by atoms with Gasteiger partial charge in [-0.1, -0.05) is 29.8 Å². The predicted octanol–water partition coefficient (Wildman–Crippen LogP) is 3.08. The highest BCUT2D eigenvalue weighted by atomic mass is 15.0. The predicted molar refractivity (Wildman–Crippen MR) is 78.0 cm³/mol. The van der Waals surface area contributed by atoms with E-state index in [1.807, 2.05) is 6.20 Å². The fourth-order valence-electron chi connectivity index (χ4n) is 2.33. The molecule has 3 heteroatoms. The minimum Gasteiger partial charge on any atom is -0.325 e. The standard InChI is InChI=1S/C16H17N3/c1-11-3-5-13(6-4-11)16-14(10-17)19-8-7-12(2)9-15(19)18-16/h3-9H,10,17H2,1-2H3. The molecule has 2 N–H and O–H groups in total. The molecule has 0 atom stereocenters. The van der Waals surface area contributed by atoms with Crippen molar-refractivity contribution in [1.29, 1.82) is 0 Å². The molecule has 0 spiro atoms. The number of aromatic nitrogens is 2. The molecule has 1 aromatic carbocycles. The zero-order valence-corrected chi connectivity index (χ0v) is 11.2. The third-order valence-electron chi connectivity index (χ3n) is 3.40. The molecule has 0 amide bonds. The van der Waals surface area contributed by atoms with Crippen molar-refractivity contribution in [3.63, 3.8) is 0 Å². The molecule has 0 bridgehead atoms. The molecular formula is C16H17N3. The quantitative estimate of drug-likeness (QED) is 0.760. The Morgan fingerprint density at radius 3 is 2.47 bits per heavy atom. The van der Waals surface area contributed by atoms with Gasteiger partial charge in [-0.05, 0) is 31.5 Å². The number of benzene rings is 1. The van der Waals surface area contributed by atoms with Crippen molar-refractivity contribution in [2.24, 2.45) is 5.73 Å². The highest BCUT2D eigenvalue weighted by Crippen LogP contribution is 2.24. The van der Waals surface area contributed by atoms with E-state index in [1.54, 1.807) is 0 Å². The van der Waals surface area contributed by atoms with Crippen molar-refractivity contribution in [1.82, 2.24) is 9.38 Å². The maximum absolute atomic E-state index is 5.91. The lowest BCUT2D eigenvalue weighted by Crippen LogP contribution is -2.02. The SMILES string of the molecule is Cc1ccc(-c2nc3cc(C)ccn3c2CN)cc1. The van der Waals surface area contributed by atoms with Gasteiger partial charge in [-0.25, -0.2) is 4.98 Å². The molecule has 0 unspecified atom stereocenters. The Morgan fingerprint density at radius 2 is 1.79 bits per heavy atom. The molecule has 19 heavy (non-hydrogen) atoms. The van der Waals surface area contributed by atoms with Crippen LogP contribution in [0.5, 0.6) is 0 Å². The third kappa shape index (κ3) is 2.02. The first-order valence-corrected chi connectivity index (χ1v) is 6.44. The van der Waals surface area contributed by atoms with E-state index in [-0.39, 0.29) is 0 Å². The summed E-state index contributed by atoms with van der Waals surface area (Å²) >= 11 is 0. The van der Waals surface area contributed by atoms with Crippen LogP contribution in [0.25, 0.3) is 16.9 Å². The van der Waals surface area contributed by atoms with E-state index in [0.717, 1.165) is 22.6 Å². The number of fused-ring (bicyclic) bond motifs is 1. The van der Waals surface area contributed by atoms with Gasteiger partial charge in [0.15, 0.2) is 0 Å². The van der Waals surface area contributed by atoms with E-state index in [9.17, 15) is 0 Å². The van der Waals surface area contributed by atoms with Crippen LogP contribution in [0.2, 0.25) is 0 Å². The molecule has 0 fully saturated rings. The number of hydrogen-bond acceptors (Lipinski definition) is 2. The lowest BCUT2D eigenvalue weighted by Gasteiger charge is -2.03. The van der Waals surface area contributed by atoms with Crippen molar-refractivity contribution >= 4 is 5.65 Å². The first-order chi connectivity index (χ1) is 9.19. The van der Waals surface area contributed by atoms with E-state index < -0.39 is 0 Å². The van der Waals surface area contributed by atoms with Gasteiger partial charge in [-0.3, -0.25) is 0 Å². The van der Waals surface area contributed by atoms with Crippen LogP contribution in [0.3, 0.4) is 0 Å². The Balaban J connectivity index is 2.25. The summed E-state index contributed by atoms with van der Waals surface area (Å²) in [6.07, 6.45) is 2.04. The molecule has 3 rings (SSSR count). The lowest BCUT2D eigenvalue weighted by molar-refractivity contribution is 0.960. The second-order valence-electron chi connectivity index (χ2n) is 4.91. The first kappa shape index (κ1) is 11.9. The normalized spacial score (nSPS) is 11.1. The van der Waals surface area contributed by atoms with Crippen LogP contribution in [-0.4, -0.2) is 9.38 Å². The zero-order valence-electron chi connectivity index (χ0n) is 11.2. The summed E-state index contributed by atoms with van der Waals surface area (Å²) in [5, 5.41) is 0. The molecule has 0 aliphatic rings. The summed E-state index contributed by atoms with van der Waals surface area (Å²) in [4.78, 5) is 4.73. The number of imidazole rings is 1. The van der Waals surface area contributed by atoms with Gasteiger partial charge in [-0.2, -0.15) is 0 Å². The van der Waals surface area contributed by atoms with Gasteiger partial charge in [0.05, 0.1) is 11.4 Å². The third-order valence-corrected chi connectivity index (χ3v) is 3.40. The first-order valence-electron chi connectivity index (χ1n) is 6.44. The number of aryl methyl sites for hydroxylation is 2. The maximum Gasteiger partial charge on any atom is 0.137 e. The Bertz CT molecular complexity index is 724. The number of rotatable bonds is 2. The van der Waals surface area contributed by atoms with Crippen LogP contribution >= 0.6 is 0 Å². The smallest absolute Gasteiger partial charge is 0.137 e. The second kappa shape index (κ2) is 4.52. The lowest BCUT2D eigenvalue weighted by atomic mass is 10.1. The van der Waals surface area contributed by atoms with Gasteiger partial charge < -0.3 is 10.1 Å². The van der Waals surface area contributed by atoms with Gasteiger partial charge in [0.25, 0.3) is 0 Å². The second-order valence-corrected chi connectivity index (χ2v) is 4.91. The van der Waals surface area contributed by atoms with Crippen molar-refractivity contribution in [2.45, 2.75) is 20.4 Å². The largest absolute Gasteiger partial charge is 0.325 e. The number of hydrogen-bond donors (Lipinski definition) is 1. The molecule has 2 aromatic heterocycles. The van der Waals surface area contributed by atoms with Crippen molar-refractivity contribution in [3.8, 4) is 11.3 Å². The average Bonchev–Trinajstić information content (AvgIpc) is 2.77. The molecule has 3 aromatic rings. The average molecular weight is 251 g/mol. The highest BCUT2D eigenvalue weighted by Gasteiger charge is 2.12. The molecule has 0 aliphatic heterocycles. The van der Waals surface area contributed by atoms with Crippen LogP contribution < -0.4 is 5.73 Å². The molecule has 3 nitrogen and oxygen atoms in total. The summed E-state index contributed by atoms with van der Waals surface area (Å²) in [6, 6.07) is 12.6. The van der Waals surface area contributed by atoms with Crippen LogP contribution in [-0.2, 0) is 6.54 Å². The Kier molecular flexibility index (Phi) is 2.84. The van der Waals surface area contributed by atoms with E-state index in [1.165, 1.54) is 11.1 Å². The van der Waals surface area contributed by atoms with Gasteiger partial charge in [0.1, 0.15) is 5.65 Å². The Morgan fingerprint density at radius 1 is 1.05 bits per heavy atom. The minimum atomic E-state index is 0.480. The zero-order chi connectivity index (χ0) is 13.4. The summed E-state index contributed by atoms with van der Waals surface area (Å²) in [5.74, 6) is 0. The number of nitrogens with two attached hydrogens (primary N) is 1. The van der Waals surface area contributed by atoms with Crippen LogP contribution in [0.4, 0.5) is 0 Å². The van der Waals surface area contributed by atoms with E-state index >= 15 is 0 Å². The van der Waals surface area contributed by atoms with Crippen LogP contribution in [0.1, 0.15) is 16.8 Å². The summed E-state index contributed by atoms with van der Waals surface area (Å²) in [6.45, 7) is 4.64. The van der Waals surface area contributed by atoms with Crippen LogP contribution in [0, 0.1) is 13.8 Å². The highest BCUT2D eigenvalue weighted by molar-refractivity contribution is 5.67. The van der Waals surface area contributed by atoms with Crippen molar-refractivity contribution < 1.29 is 0 Å². The Labute approximate surface area is 112 Å². The number of nitrogens with zero attached hydrogens (tertiary/aromatic N) is 2. The Hall–Kier alpha value is -2.13. The van der Waals surface area contributed by atoms with E-state index in [4.69, 9.17) is 10.7 Å². The minimum absolute atomic E-state index is 0.480. The fraction of sp³-hybridized carbons (Fsp3) is 0.188. The van der Waals surface area contributed by atoms with Crippen LogP contribution in [0.15, 0.2) is 42.6 Å². The molecule has 0 saturated carbocycles. The van der Waals surface area contributed by atoms with Gasteiger partial charge in [0, 0.05) is 18.3 Å².